The van der Waals surface area contributed by atoms with E-state index in [-0.39, 0.29) is 5.91 Å². The van der Waals surface area contributed by atoms with Gasteiger partial charge in [-0.3, -0.25) is 4.79 Å². The highest BCUT2D eigenvalue weighted by molar-refractivity contribution is 9.10. The van der Waals surface area contributed by atoms with Crippen LogP contribution < -0.4 is 5.32 Å². The SMILES string of the molecule is CCC1CCC(NC(=O)c2ccccc2Br)C1C. The fourth-order valence-corrected chi connectivity index (χ4v) is 3.38. The molecule has 1 N–H and O–H groups in total. The Labute approximate surface area is 117 Å². The van der Waals surface area contributed by atoms with Gasteiger partial charge in [0.05, 0.1) is 5.56 Å². The number of nitrogens with one attached hydrogen (secondary N) is 1. The van der Waals surface area contributed by atoms with Crippen molar-refractivity contribution in [2.45, 2.75) is 39.2 Å². The van der Waals surface area contributed by atoms with E-state index in [1.165, 1.54) is 12.8 Å². The molecule has 3 heteroatoms. The number of carbonyl (C=O) groups excluding carboxylic acids is 1. The van der Waals surface area contributed by atoms with Crippen LogP contribution in [0.2, 0.25) is 0 Å². The van der Waals surface area contributed by atoms with Crippen molar-refractivity contribution in [1.82, 2.24) is 5.32 Å². The van der Waals surface area contributed by atoms with Crippen LogP contribution in [0.5, 0.6) is 0 Å². The number of benzene rings is 1. The average Bonchev–Trinajstić information content (AvgIpc) is 2.71. The van der Waals surface area contributed by atoms with Crippen molar-refractivity contribution in [1.29, 1.82) is 0 Å². The van der Waals surface area contributed by atoms with E-state index in [2.05, 4.69) is 35.1 Å². The Morgan fingerprint density at radius 2 is 2.11 bits per heavy atom. The lowest BCUT2D eigenvalue weighted by Crippen LogP contribution is -2.37. The molecule has 1 aromatic carbocycles. The third kappa shape index (κ3) is 2.77. The first kappa shape index (κ1) is 13.6. The van der Waals surface area contributed by atoms with Crippen LogP contribution in [0.1, 0.15) is 43.5 Å². The molecule has 0 saturated heterocycles. The number of hydrogen-bond donors (Lipinski definition) is 1. The average molecular weight is 310 g/mol. The van der Waals surface area contributed by atoms with Crippen LogP contribution in [0.3, 0.4) is 0 Å². The molecule has 98 valence electrons. The minimum absolute atomic E-state index is 0.0380. The van der Waals surface area contributed by atoms with E-state index in [4.69, 9.17) is 0 Å². The summed E-state index contributed by atoms with van der Waals surface area (Å²) in [6, 6.07) is 7.91. The van der Waals surface area contributed by atoms with Gasteiger partial charge in [0.25, 0.3) is 5.91 Å². The summed E-state index contributed by atoms with van der Waals surface area (Å²) in [4.78, 5) is 12.2. The molecule has 3 atom stereocenters. The normalized spacial score (nSPS) is 27.2. The number of rotatable bonds is 3. The first-order valence-corrected chi connectivity index (χ1v) is 7.48. The molecule has 0 aliphatic heterocycles. The zero-order chi connectivity index (χ0) is 13.1. The summed E-state index contributed by atoms with van der Waals surface area (Å²) < 4.78 is 0.861. The van der Waals surface area contributed by atoms with Gasteiger partial charge in [0.2, 0.25) is 0 Å². The molecule has 2 nitrogen and oxygen atoms in total. The molecule has 2 rings (SSSR count). The smallest absolute Gasteiger partial charge is 0.252 e. The van der Waals surface area contributed by atoms with Crippen LogP contribution >= 0.6 is 15.9 Å². The maximum atomic E-state index is 12.2. The molecule has 0 aromatic heterocycles. The van der Waals surface area contributed by atoms with Crippen LogP contribution in [0, 0.1) is 11.8 Å². The van der Waals surface area contributed by atoms with Crippen molar-refractivity contribution in [3.8, 4) is 0 Å². The molecular weight excluding hydrogens is 290 g/mol. The highest BCUT2D eigenvalue weighted by atomic mass is 79.9. The fourth-order valence-electron chi connectivity index (χ4n) is 2.92. The second-order valence-corrected chi connectivity index (χ2v) is 6.02. The lowest BCUT2D eigenvalue weighted by Gasteiger charge is -2.21. The molecule has 18 heavy (non-hydrogen) atoms. The van der Waals surface area contributed by atoms with Crippen LogP contribution in [0.15, 0.2) is 28.7 Å². The topological polar surface area (TPSA) is 29.1 Å². The lowest BCUT2D eigenvalue weighted by atomic mass is 9.93. The summed E-state index contributed by atoms with van der Waals surface area (Å²) in [7, 11) is 0. The zero-order valence-corrected chi connectivity index (χ0v) is 12.5. The molecule has 1 amide bonds. The van der Waals surface area contributed by atoms with E-state index in [9.17, 15) is 4.79 Å². The van der Waals surface area contributed by atoms with Gasteiger partial charge in [-0.25, -0.2) is 0 Å². The monoisotopic (exact) mass is 309 g/mol. The Kier molecular flexibility index (Phi) is 4.44. The Morgan fingerprint density at radius 1 is 1.39 bits per heavy atom. The fraction of sp³-hybridized carbons (Fsp3) is 0.533. The predicted octanol–water partition coefficient (Wildman–Crippen LogP) is 4.00. The second kappa shape index (κ2) is 5.87. The van der Waals surface area contributed by atoms with Crippen molar-refractivity contribution in [3.05, 3.63) is 34.3 Å². The maximum Gasteiger partial charge on any atom is 0.252 e. The van der Waals surface area contributed by atoms with Crippen LogP contribution in [-0.2, 0) is 0 Å². The minimum Gasteiger partial charge on any atom is -0.349 e. The van der Waals surface area contributed by atoms with Crippen molar-refractivity contribution in [3.63, 3.8) is 0 Å². The standard InChI is InChI=1S/C15H20BrNO/c1-3-11-8-9-14(10(11)2)17-15(18)12-6-4-5-7-13(12)16/h4-7,10-11,14H,3,8-9H2,1-2H3,(H,17,18). The summed E-state index contributed by atoms with van der Waals surface area (Å²) in [6.07, 6.45) is 3.55. The van der Waals surface area contributed by atoms with Crippen LogP contribution in [0.4, 0.5) is 0 Å². The summed E-state index contributed by atoms with van der Waals surface area (Å²) in [6.45, 7) is 4.49. The molecule has 1 aliphatic rings. The van der Waals surface area contributed by atoms with Gasteiger partial charge in [0.15, 0.2) is 0 Å². The molecule has 1 aliphatic carbocycles. The molecule has 1 saturated carbocycles. The van der Waals surface area contributed by atoms with E-state index >= 15 is 0 Å². The zero-order valence-electron chi connectivity index (χ0n) is 10.9. The van der Waals surface area contributed by atoms with Gasteiger partial charge in [-0.15, -0.1) is 0 Å². The van der Waals surface area contributed by atoms with Crippen LogP contribution in [0.25, 0.3) is 0 Å². The number of hydrogen-bond acceptors (Lipinski definition) is 1. The molecule has 1 aromatic rings. The molecular formula is C15H20BrNO. The van der Waals surface area contributed by atoms with Crippen molar-refractivity contribution in [2.24, 2.45) is 11.8 Å². The number of amides is 1. The Morgan fingerprint density at radius 3 is 2.72 bits per heavy atom. The minimum atomic E-state index is 0.0380. The molecule has 0 bridgehead atoms. The molecule has 0 radical (unpaired) electrons. The maximum absolute atomic E-state index is 12.2. The first-order chi connectivity index (χ1) is 8.63. The van der Waals surface area contributed by atoms with Gasteiger partial charge in [-0.05, 0) is 52.7 Å². The first-order valence-electron chi connectivity index (χ1n) is 6.69. The van der Waals surface area contributed by atoms with Gasteiger partial charge in [-0.1, -0.05) is 32.4 Å². The molecule has 0 heterocycles. The molecule has 3 unspecified atom stereocenters. The van der Waals surface area contributed by atoms with Gasteiger partial charge in [0, 0.05) is 10.5 Å². The highest BCUT2D eigenvalue weighted by Gasteiger charge is 2.32. The van der Waals surface area contributed by atoms with E-state index < -0.39 is 0 Å². The predicted molar refractivity (Wildman–Crippen MR) is 77.6 cm³/mol. The van der Waals surface area contributed by atoms with E-state index in [1.807, 2.05) is 24.3 Å². The Balaban J connectivity index is 2.03. The molecule has 0 spiro atoms. The summed E-state index contributed by atoms with van der Waals surface area (Å²) in [5, 5.41) is 3.18. The van der Waals surface area contributed by atoms with Gasteiger partial charge in [0.1, 0.15) is 0 Å². The molecule has 1 fully saturated rings. The summed E-state index contributed by atoms with van der Waals surface area (Å²) in [5.41, 5.74) is 0.727. The summed E-state index contributed by atoms with van der Waals surface area (Å²) in [5.74, 6) is 1.38. The van der Waals surface area contributed by atoms with Crippen molar-refractivity contribution in [2.75, 3.05) is 0 Å². The van der Waals surface area contributed by atoms with Crippen molar-refractivity contribution >= 4 is 21.8 Å². The van der Waals surface area contributed by atoms with Gasteiger partial charge >= 0.3 is 0 Å². The van der Waals surface area contributed by atoms with E-state index in [0.29, 0.717) is 12.0 Å². The Bertz CT molecular complexity index is 432. The Hall–Kier alpha value is -0.830. The quantitative estimate of drug-likeness (QED) is 0.898. The third-order valence-corrected chi connectivity index (χ3v) is 4.88. The van der Waals surface area contributed by atoms with E-state index in [1.54, 1.807) is 0 Å². The third-order valence-electron chi connectivity index (χ3n) is 4.19. The number of carbonyl (C=O) groups is 1. The van der Waals surface area contributed by atoms with Crippen LogP contribution in [-0.4, -0.2) is 11.9 Å². The number of halogens is 1. The summed E-state index contributed by atoms with van der Waals surface area (Å²) >= 11 is 3.43. The second-order valence-electron chi connectivity index (χ2n) is 5.16. The van der Waals surface area contributed by atoms with Gasteiger partial charge in [-0.2, -0.15) is 0 Å². The van der Waals surface area contributed by atoms with Gasteiger partial charge < -0.3 is 5.32 Å². The largest absolute Gasteiger partial charge is 0.349 e. The highest BCUT2D eigenvalue weighted by Crippen LogP contribution is 2.34. The van der Waals surface area contributed by atoms with E-state index in [0.717, 1.165) is 22.4 Å². The van der Waals surface area contributed by atoms with Crippen molar-refractivity contribution < 1.29 is 4.79 Å². The lowest BCUT2D eigenvalue weighted by molar-refractivity contribution is 0.0926.